The van der Waals surface area contributed by atoms with E-state index in [0.29, 0.717) is 12.1 Å². The molecule has 0 heterocycles. The highest BCUT2D eigenvalue weighted by atomic mass is 35.5. The minimum atomic E-state index is -4.85. The number of benzene rings is 3. The Labute approximate surface area is 167 Å². The normalized spacial score (nSPS) is 12.7. The SMILES string of the molecule is Nc1ccc2cc(S(=O)(=O)[O-])cc(O)c2c1N=Nc1ccc(Cl)cc1C(F)(F)F. The number of fused-ring (bicyclic) bond motifs is 1. The van der Waals surface area contributed by atoms with Crippen LogP contribution >= 0.6 is 11.6 Å². The Morgan fingerprint density at radius 3 is 2.38 bits per heavy atom. The van der Waals surface area contributed by atoms with Crippen LogP contribution in [0, 0.1) is 0 Å². The van der Waals surface area contributed by atoms with Gasteiger partial charge in [0.25, 0.3) is 0 Å². The van der Waals surface area contributed by atoms with Crippen molar-refractivity contribution in [2.45, 2.75) is 11.1 Å². The molecular formula is C17H10ClF3N3O4S-. The Kier molecular flexibility index (Phi) is 5.15. The molecule has 0 bridgehead atoms. The Balaban J connectivity index is 2.21. The highest BCUT2D eigenvalue weighted by Crippen LogP contribution is 2.42. The summed E-state index contributed by atoms with van der Waals surface area (Å²) in [7, 11) is -4.85. The number of rotatable bonds is 3. The number of alkyl halides is 3. The predicted molar refractivity (Wildman–Crippen MR) is 98.6 cm³/mol. The summed E-state index contributed by atoms with van der Waals surface area (Å²) in [5, 5.41) is 17.3. The van der Waals surface area contributed by atoms with E-state index >= 15 is 0 Å². The molecule has 0 saturated heterocycles. The topological polar surface area (TPSA) is 128 Å². The summed E-state index contributed by atoms with van der Waals surface area (Å²) in [6, 6.07) is 7.18. The van der Waals surface area contributed by atoms with Gasteiger partial charge in [0, 0.05) is 5.02 Å². The van der Waals surface area contributed by atoms with Crippen molar-refractivity contribution < 1.29 is 31.2 Å². The number of nitrogens with two attached hydrogens (primary N) is 1. The van der Waals surface area contributed by atoms with Gasteiger partial charge < -0.3 is 15.4 Å². The van der Waals surface area contributed by atoms with E-state index in [1.165, 1.54) is 18.2 Å². The first-order valence-electron chi connectivity index (χ1n) is 7.67. The summed E-state index contributed by atoms with van der Waals surface area (Å²) in [6.45, 7) is 0. The van der Waals surface area contributed by atoms with Crippen molar-refractivity contribution >= 4 is 49.6 Å². The van der Waals surface area contributed by atoms with Crippen LogP contribution in [0.15, 0.2) is 57.6 Å². The van der Waals surface area contributed by atoms with Gasteiger partial charge in [-0.2, -0.15) is 13.2 Å². The van der Waals surface area contributed by atoms with E-state index in [1.807, 2.05) is 0 Å². The van der Waals surface area contributed by atoms with Crippen molar-refractivity contribution in [3.05, 3.63) is 53.1 Å². The lowest BCUT2D eigenvalue weighted by molar-refractivity contribution is -0.137. The van der Waals surface area contributed by atoms with Gasteiger partial charge in [-0.25, -0.2) is 8.42 Å². The average molecular weight is 445 g/mol. The molecule has 29 heavy (non-hydrogen) atoms. The third kappa shape index (κ3) is 4.26. The number of nitrogen functional groups attached to an aromatic ring is 1. The maximum absolute atomic E-state index is 13.2. The quantitative estimate of drug-likeness (QED) is 0.329. The third-order valence-corrected chi connectivity index (χ3v) is 4.93. The molecule has 0 atom stereocenters. The Morgan fingerprint density at radius 2 is 1.76 bits per heavy atom. The highest BCUT2D eigenvalue weighted by molar-refractivity contribution is 7.85. The van der Waals surface area contributed by atoms with Crippen molar-refractivity contribution in [1.29, 1.82) is 0 Å². The molecule has 12 heteroatoms. The number of phenolic OH excluding ortho intramolecular Hbond substituents is 1. The van der Waals surface area contributed by atoms with Crippen LogP contribution in [-0.4, -0.2) is 18.1 Å². The zero-order valence-corrected chi connectivity index (χ0v) is 15.7. The molecule has 152 valence electrons. The molecule has 0 unspecified atom stereocenters. The van der Waals surface area contributed by atoms with Crippen molar-refractivity contribution in [3.8, 4) is 5.75 Å². The summed E-state index contributed by atoms with van der Waals surface area (Å²) < 4.78 is 73.2. The molecular weight excluding hydrogens is 435 g/mol. The van der Waals surface area contributed by atoms with Crippen LogP contribution in [0.25, 0.3) is 10.8 Å². The first kappa shape index (κ1) is 20.8. The number of aromatic hydroxyl groups is 1. The minimum Gasteiger partial charge on any atom is -0.744 e. The number of halogens is 4. The molecule has 0 spiro atoms. The van der Waals surface area contributed by atoms with E-state index in [2.05, 4.69) is 10.2 Å². The largest absolute Gasteiger partial charge is 0.744 e. The van der Waals surface area contributed by atoms with E-state index in [-0.39, 0.29) is 27.2 Å². The number of hydrogen-bond acceptors (Lipinski definition) is 7. The van der Waals surface area contributed by atoms with Crippen LogP contribution in [0.2, 0.25) is 5.02 Å². The van der Waals surface area contributed by atoms with E-state index in [9.17, 15) is 31.2 Å². The number of nitrogens with zero attached hydrogens (tertiary/aromatic N) is 2. The molecule has 7 nitrogen and oxygen atoms in total. The summed E-state index contributed by atoms with van der Waals surface area (Å²) >= 11 is 5.62. The lowest BCUT2D eigenvalue weighted by atomic mass is 10.1. The van der Waals surface area contributed by atoms with Gasteiger partial charge in [0.2, 0.25) is 0 Å². The maximum Gasteiger partial charge on any atom is 0.418 e. The van der Waals surface area contributed by atoms with Crippen LogP contribution in [0.5, 0.6) is 5.75 Å². The van der Waals surface area contributed by atoms with E-state index in [4.69, 9.17) is 17.3 Å². The summed E-state index contributed by atoms with van der Waals surface area (Å²) in [5.74, 6) is -0.648. The Hall–Kier alpha value is -2.89. The van der Waals surface area contributed by atoms with Crippen LogP contribution < -0.4 is 5.73 Å². The van der Waals surface area contributed by atoms with Crippen molar-refractivity contribution in [3.63, 3.8) is 0 Å². The van der Waals surface area contributed by atoms with Crippen LogP contribution in [0.3, 0.4) is 0 Å². The maximum atomic E-state index is 13.2. The van der Waals surface area contributed by atoms with Gasteiger partial charge in [-0.05, 0) is 41.8 Å². The van der Waals surface area contributed by atoms with Crippen LogP contribution in [0.4, 0.5) is 30.2 Å². The number of phenols is 1. The van der Waals surface area contributed by atoms with Gasteiger partial charge in [-0.15, -0.1) is 10.2 Å². The zero-order chi connectivity index (χ0) is 21.6. The second kappa shape index (κ2) is 7.17. The molecule has 0 radical (unpaired) electrons. The first-order chi connectivity index (χ1) is 13.4. The molecule has 0 saturated carbocycles. The molecule has 0 aromatic heterocycles. The van der Waals surface area contributed by atoms with Gasteiger partial charge in [-0.1, -0.05) is 17.7 Å². The van der Waals surface area contributed by atoms with E-state index in [1.54, 1.807) is 0 Å². The van der Waals surface area contributed by atoms with Gasteiger partial charge >= 0.3 is 6.18 Å². The second-order valence-electron chi connectivity index (χ2n) is 5.86. The van der Waals surface area contributed by atoms with Crippen LogP contribution in [-0.2, 0) is 16.3 Å². The monoisotopic (exact) mass is 444 g/mol. The van der Waals surface area contributed by atoms with Gasteiger partial charge in [0.05, 0.1) is 27.2 Å². The van der Waals surface area contributed by atoms with Crippen molar-refractivity contribution in [2.75, 3.05) is 5.73 Å². The number of azo groups is 1. The molecule has 3 N–H and O–H groups in total. The second-order valence-corrected chi connectivity index (χ2v) is 7.67. The molecule has 3 aromatic rings. The third-order valence-electron chi connectivity index (χ3n) is 3.88. The zero-order valence-electron chi connectivity index (χ0n) is 14.1. The standard InChI is InChI=1S/C17H11ClF3N3O4S/c18-9-2-4-13(11(6-9)17(19,20)21)23-24-16-12(22)3-1-8-5-10(29(26,27)28)7-14(25)15(8)16/h1-7,25H,22H2,(H,26,27,28)/p-1. The Bertz CT molecular complexity index is 1260. The average Bonchev–Trinajstić information content (AvgIpc) is 2.60. The number of anilines is 1. The van der Waals surface area contributed by atoms with Gasteiger partial charge in [0.15, 0.2) is 0 Å². The fraction of sp³-hybridized carbons (Fsp3) is 0.0588. The lowest BCUT2D eigenvalue weighted by Crippen LogP contribution is -2.04. The fourth-order valence-corrected chi connectivity index (χ4v) is 3.29. The minimum absolute atomic E-state index is 0.0446. The van der Waals surface area contributed by atoms with Crippen molar-refractivity contribution in [2.24, 2.45) is 10.2 Å². The molecule has 3 rings (SSSR count). The summed E-state index contributed by atoms with van der Waals surface area (Å²) in [6.07, 6.45) is -4.75. The molecule has 0 aliphatic carbocycles. The highest BCUT2D eigenvalue weighted by Gasteiger charge is 2.34. The number of hydrogen-bond donors (Lipinski definition) is 2. The van der Waals surface area contributed by atoms with E-state index < -0.39 is 38.2 Å². The molecule has 3 aromatic carbocycles. The fourth-order valence-electron chi connectivity index (χ4n) is 2.59. The van der Waals surface area contributed by atoms with Crippen molar-refractivity contribution in [1.82, 2.24) is 0 Å². The molecule has 0 aliphatic rings. The summed E-state index contributed by atoms with van der Waals surface area (Å²) in [4.78, 5) is -0.688. The molecule has 0 amide bonds. The lowest BCUT2D eigenvalue weighted by Gasteiger charge is -2.12. The van der Waals surface area contributed by atoms with Crippen LogP contribution in [0.1, 0.15) is 5.56 Å². The summed E-state index contributed by atoms with van der Waals surface area (Å²) in [5.41, 5.74) is 3.89. The van der Waals surface area contributed by atoms with E-state index in [0.717, 1.165) is 12.1 Å². The Morgan fingerprint density at radius 1 is 1.07 bits per heavy atom. The molecule has 0 aliphatic heterocycles. The smallest absolute Gasteiger partial charge is 0.418 e. The molecule has 0 fully saturated rings. The van der Waals surface area contributed by atoms with Gasteiger partial charge in [-0.3, -0.25) is 0 Å². The first-order valence-corrected chi connectivity index (χ1v) is 9.46. The predicted octanol–water partition coefficient (Wildman–Crippen LogP) is 5.12. The van der Waals surface area contributed by atoms with Gasteiger partial charge in [0.1, 0.15) is 21.6 Å².